The highest BCUT2D eigenvalue weighted by molar-refractivity contribution is 7.92. The molecular formula is C20H24N4O4S2. The van der Waals surface area contributed by atoms with Gasteiger partial charge in [0.25, 0.3) is 10.0 Å². The van der Waals surface area contributed by atoms with Crippen molar-refractivity contribution in [3.8, 4) is 0 Å². The molecule has 30 heavy (non-hydrogen) atoms. The third kappa shape index (κ3) is 4.89. The Labute approximate surface area is 177 Å². The lowest BCUT2D eigenvalue weighted by molar-refractivity contribution is 0.520. The molecule has 2 aromatic carbocycles. The molecule has 10 heteroatoms. The van der Waals surface area contributed by atoms with Crippen molar-refractivity contribution in [3.63, 3.8) is 0 Å². The summed E-state index contributed by atoms with van der Waals surface area (Å²) in [5, 5.41) is 6.86. The van der Waals surface area contributed by atoms with Crippen LogP contribution in [0.25, 0.3) is 0 Å². The molecule has 0 aliphatic carbocycles. The number of hydrogen-bond acceptors (Lipinski definition) is 5. The summed E-state index contributed by atoms with van der Waals surface area (Å²) < 4.78 is 53.4. The Balaban J connectivity index is 1.74. The number of H-pyrrole nitrogens is 1. The Morgan fingerprint density at radius 1 is 0.933 bits per heavy atom. The van der Waals surface area contributed by atoms with Gasteiger partial charge in [0.15, 0.2) is 5.82 Å². The second-order valence-electron chi connectivity index (χ2n) is 7.07. The van der Waals surface area contributed by atoms with Crippen molar-refractivity contribution in [3.05, 3.63) is 71.4 Å². The van der Waals surface area contributed by atoms with Crippen LogP contribution in [0.3, 0.4) is 0 Å². The van der Waals surface area contributed by atoms with Gasteiger partial charge in [-0.1, -0.05) is 30.3 Å². The summed E-state index contributed by atoms with van der Waals surface area (Å²) in [4.78, 5) is -0.258. The van der Waals surface area contributed by atoms with Gasteiger partial charge in [0, 0.05) is 25.9 Å². The molecule has 0 unspecified atom stereocenters. The lowest BCUT2D eigenvalue weighted by Crippen LogP contribution is -2.22. The molecule has 0 aliphatic heterocycles. The fourth-order valence-electron chi connectivity index (χ4n) is 2.91. The van der Waals surface area contributed by atoms with Crippen LogP contribution in [0.2, 0.25) is 0 Å². The molecule has 0 atom stereocenters. The highest BCUT2D eigenvalue weighted by Gasteiger charge is 2.22. The number of nitrogens with zero attached hydrogens (tertiary/aromatic N) is 2. The summed E-state index contributed by atoms with van der Waals surface area (Å²) in [5.41, 5.74) is 3.21. The van der Waals surface area contributed by atoms with Crippen molar-refractivity contribution in [2.24, 2.45) is 0 Å². The minimum atomic E-state index is -4.00. The lowest BCUT2D eigenvalue weighted by Gasteiger charge is -2.12. The zero-order valence-corrected chi connectivity index (χ0v) is 18.6. The molecule has 0 bridgehead atoms. The number of aromatic nitrogens is 2. The molecule has 0 aliphatic rings. The van der Waals surface area contributed by atoms with E-state index in [1.165, 1.54) is 43.4 Å². The van der Waals surface area contributed by atoms with Crippen molar-refractivity contribution in [1.82, 2.24) is 14.5 Å². The lowest BCUT2D eigenvalue weighted by atomic mass is 10.0. The Bertz CT molecular complexity index is 1250. The molecular weight excluding hydrogens is 424 g/mol. The average Bonchev–Trinajstić information content (AvgIpc) is 3.14. The Morgan fingerprint density at radius 2 is 1.63 bits per heavy atom. The monoisotopic (exact) mass is 448 g/mol. The summed E-state index contributed by atoms with van der Waals surface area (Å²) in [5.74, 6) is 0.149. The van der Waals surface area contributed by atoms with Crippen molar-refractivity contribution in [1.29, 1.82) is 0 Å². The number of aryl methyl sites for hydroxylation is 3. The predicted molar refractivity (Wildman–Crippen MR) is 115 cm³/mol. The van der Waals surface area contributed by atoms with Crippen LogP contribution in [-0.4, -0.2) is 45.4 Å². The molecule has 8 nitrogen and oxygen atoms in total. The van der Waals surface area contributed by atoms with Crippen molar-refractivity contribution in [2.75, 3.05) is 18.8 Å². The van der Waals surface area contributed by atoms with E-state index in [0.717, 1.165) is 22.5 Å². The normalized spacial score (nSPS) is 12.3. The van der Waals surface area contributed by atoms with Crippen LogP contribution in [0, 0.1) is 6.92 Å². The van der Waals surface area contributed by atoms with Crippen LogP contribution in [0.1, 0.15) is 16.8 Å². The van der Waals surface area contributed by atoms with Gasteiger partial charge in [0.2, 0.25) is 10.0 Å². The fraction of sp³-hybridized carbons (Fsp3) is 0.250. The maximum atomic E-state index is 12.7. The van der Waals surface area contributed by atoms with Gasteiger partial charge < -0.3 is 0 Å². The minimum Gasteiger partial charge on any atom is -0.280 e. The number of rotatable bonds is 8. The molecule has 0 saturated carbocycles. The number of nitrogens with one attached hydrogen (secondary N) is 2. The maximum absolute atomic E-state index is 12.7. The SMILES string of the molecule is Cc1ccccc1CCc1cc(NS(=O)(=O)c2cccc(S(=O)(=O)N(C)C)c2)n[nH]1. The molecule has 0 spiro atoms. The third-order valence-electron chi connectivity index (χ3n) is 4.69. The topological polar surface area (TPSA) is 112 Å². The molecule has 160 valence electrons. The molecule has 0 radical (unpaired) electrons. The number of sulfonamides is 2. The van der Waals surface area contributed by atoms with E-state index in [4.69, 9.17) is 0 Å². The predicted octanol–water partition coefficient (Wildman–Crippen LogP) is 2.55. The van der Waals surface area contributed by atoms with E-state index in [2.05, 4.69) is 21.0 Å². The quantitative estimate of drug-likeness (QED) is 0.550. The zero-order valence-electron chi connectivity index (χ0n) is 17.0. The number of aromatic amines is 1. The molecule has 1 aromatic heterocycles. The number of anilines is 1. The van der Waals surface area contributed by atoms with Crippen LogP contribution < -0.4 is 4.72 Å². The molecule has 0 fully saturated rings. The fourth-order valence-corrected chi connectivity index (χ4v) is 4.97. The van der Waals surface area contributed by atoms with Crippen LogP contribution in [0.5, 0.6) is 0 Å². The van der Waals surface area contributed by atoms with Crippen molar-refractivity contribution >= 4 is 25.9 Å². The van der Waals surface area contributed by atoms with Crippen LogP contribution in [0.15, 0.2) is 64.4 Å². The van der Waals surface area contributed by atoms with Gasteiger partial charge in [0.1, 0.15) is 0 Å². The third-order valence-corrected chi connectivity index (χ3v) is 7.85. The van der Waals surface area contributed by atoms with E-state index < -0.39 is 20.0 Å². The summed E-state index contributed by atoms with van der Waals surface area (Å²) >= 11 is 0. The molecule has 3 rings (SSSR count). The first-order chi connectivity index (χ1) is 14.1. The van der Waals surface area contributed by atoms with Gasteiger partial charge in [-0.05, 0) is 49.1 Å². The van der Waals surface area contributed by atoms with E-state index in [1.807, 2.05) is 25.1 Å². The molecule has 2 N–H and O–H groups in total. The standard InChI is InChI=1S/C20H24N4O4S2/c1-15-7-4-5-8-16(15)11-12-17-13-20(22-21-17)23-29(25,26)18-9-6-10-19(14-18)30(27,28)24(2)3/h4-10,13-14H,11-12H2,1-3H3,(H2,21,22,23). The first-order valence-electron chi connectivity index (χ1n) is 9.24. The minimum absolute atomic E-state index is 0.101. The largest absolute Gasteiger partial charge is 0.280 e. The first kappa shape index (κ1) is 22.0. The Hall–Kier alpha value is -2.69. The van der Waals surface area contributed by atoms with Gasteiger partial charge >= 0.3 is 0 Å². The average molecular weight is 449 g/mol. The van der Waals surface area contributed by atoms with Crippen LogP contribution in [-0.2, 0) is 32.9 Å². The van der Waals surface area contributed by atoms with Gasteiger partial charge in [-0.25, -0.2) is 21.1 Å². The van der Waals surface area contributed by atoms with Crippen molar-refractivity contribution in [2.45, 2.75) is 29.6 Å². The van der Waals surface area contributed by atoms with Gasteiger partial charge in [-0.15, -0.1) is 0 Å². The van der Waals surface area contributed by atoms with Gasteiger partial charge in [-0.2, -0.15) is 5.10 Å². The number of benzene rings is 2. The summed E-state index contributed by atoms with van der Waals surface area (Å²) in [6, 6.07) is 14.9. The summed E-state index contributed by atoms with van der Waals surface area (Å²) in [6.45, 7) is 2.05. The van der Waals surface area contributed by atoms with Crippen molar-refractivity contribution < 1.29 is 16.8 Å². The second kappa shape index (κ2) is 8.58. The summed E-state index contributed by atoms with van der Waals surface area (Å²) in [6.07, 6.45) is 1.47. The Morgan fingerprint density at radius 3 is 2.33 bits per heavy atom. The molecule has 1 heterocycles. The van der Waals surface area contributed by atoms with Crippen LogP contribution in [0.4, 0.5) is 5.82 Å². The van der Waals surface area contributed by atoms with Gasteiger partial charge in [0.05, 0.1) is 9.79 Å². The molecule has 3 aromatic rings. The van der Waals surface area contributed by atoms with Crippen LogP contribution >= 0.6 is 0 Å². The molecule has 0 saturated heterocycles. The number of hydrogen-bond donors (Lipinski definition) is 2. The maximum Gasteiger partial charge on any atom is 0.263 e. The highest BCUT2D eigenvalue weighted by atomic mass is 32.2. The summed E-state index contributed by atoms with van der Waals surface area (Å²) in [7, 11) is -4.97. The van der Waals surface area contributed by atoms with E-state index in [1.54, 1.807) is 6.07 Å². The van der Waals surface area contributed by atoms with E-state index in [-0.39, 0.29) is 15.6 Å². The smallest absolute Gasteiger partial charge is 0.263 e. The first-order valence-corrected chi connectivity index (χ1v) is 12.2. The van der Waals surface area contributed by atoms with E-state index >= 15 is 0 Å². The van der Waals surface area contributed by atoms with Gasteiger partial charge in [-0.3, -0.25) is 9.82 Å². The molecule has 0 amide bonds. The Kier molecular flexibility index (Phi) is 6.30. The second-order valence-corrected chi connectivity index (χ2v) is 10.9. The zero-order chi connectivity index (χ0) is 21.9. The highest BCUT2D eigenvalue weighted by Crippen LogP contribution is 2.21. The van der Waals surface area contributed by atoms with E-state index in [0.29, 0.717) is 6.42 Å². The van der Waals surface area contributed by atoms with E-state index in [9.17, 15) is 16.8 Å².